The number of hydrogen-bond acceptors (Lipinski definition) is 2. The van der Waals surface area contributed by atoms with Gasteiger partial charge >= 0.3 is 0 Å². The van der Waals surface area contributed by atoms with Gasteiger partial charge in [0, 0.05) is 18.6 Å². The molecule has 0 radical (unpaired) electrons. The average molecular weight is 242 g/mol. The van der Waals surface area contributed by atoms with Crippen LogP contribution in [-0.2, 0) is 0 Å². The lowest BCUT2D eigenvalue weighted by molar-refractivity contribution is 0.172. The molecule has 0 rings (SSSR count). The van der Waals surface area contributed by atoms with E-state index in [1.807, 2.05) is 0 Å². The van der Waals surface area contributed by atoms with Gasteiger partial charge < -0.3 is 10.2 Å². The van der Waals surface area contributed by atoms with Gasteiger partial charge in [0.25, 0.3) is 0 Å². The van der Waals surface area contributed by atoms with Crippen molar-refractivity contribution in [3.8, 4) is 0 Å². The summed E-state index contributed by atoms with van der Waals surface area (Å²) < 4.78 is 0. The maximum absolute atomic E-state index is 3.51. The molecule has 0 saturated heterocycles. The number of hydrogen-bond donors (Lipinski definition) is 1. The molecule has 104 valence electrons. The zero-order chi connectivity index (χ0) is 13.3. The standard InChI is InChI=1S/C15H34N2/c1-7-15(8-2)12-17(9-3)14(6)10-11-16-13(4)5/h13-16H,7-12H2,1-6H3. The van der Waals surface area contributed by atoms with Crippen molar-refractivity contribution in [1.29, 1.82) is 0 Å². The summed E-state index contributed by atoms with van der Waals surface area (Å²) in [6, 6.07) is 1.31. The monoisotopic (exact) mass is 242 g/mol. The Bertz CT molecular complexity index is 164. The van der Waals surface area contributed by atoms with Crippen molar-refractivity contribution in [3.63, 3.8) is 0 Å². The Labute approximate surface area is 109 Å². The summed E-state index contributed by atoms with van der Waals surface area (Å²) in [5.74, 6) is 0.871. The highest BCUT2D eigenvalue weighted by Gasteiger charge is 2.15. The van der Waals surface area contributed by atoms with Gasteiger partial charge in [0.05, 0.1) is 0 Å². The molecular formula is C15H34N2. The average Bonchev–Trinajstić information content (AvgIpc) is 2.30. The van der Waals surface area contributed by atoms with Gasteiger partial charge in [-0.1, -0.05) is 47.5 Å². The molecule has 2 heteroatoms. The van der Waals surface area contributed by atoms with Crippen LogP contribution in [0.5, 0.6) is 0 Å². The van der Waals surface area contributed by atoms with Crippen molar-refractivity contribution < 1.29 is 0 Å². The molecule has 0 saturated carbocycles. The van der Waals surface area contributed by atoms with Crippen molar-refractivity contribution in [2.45, 2.75) is 72.9 Å². The first-order valence-electron chi connectivity index (χ1n) is 7.52. The third-order valence-electron chi connectivity index (χ3n) is 3.79. The Morgan fingerprint density at radius 2 is 1.59 bits per heavy atom. The van der Waals surface area contributed by atoms with Crippen LogP contribution < -0.4 is 5.32 Å². The molecule has 0 amide bonds. The fraction of sp³-hybridized carbons (Fsp3) is 1.00. The second kappa shape index (κ2) is 9.90. The van der Waals surface area contributed by atoms with E-state index in [1.54, 1.807) is 0 Å². The van der Waals surface area contributed by atoms with Crippen molar-refractivity contribution in [2.75, 3.05) is 19.6 Å². The predicted molar refractivity (Wildman–Crippen MR) is 78.5 cm³/mol. The van der Waals surface area contributed by atoms with Crippen LogP contribution in [0.3, 0.4) is 0 Å². The van der Waals surface area contributed by atoms with Crippen LogP contribution >= 0.6 is 0 Å². The Hall–Kier alpha value is -0.0800. The maximum Gasteiger partial charge on any atom is 0.00790 e. The number of nitrogens with one attached hydrogen (secondary N) is 1. The topological polar surface area (TPSA) is 15.3 Å². The van der Waals surface area contributed by atoms with Crippen LogP contribution in [0.2, 0.25) is 0 Å². The van der Waals surface area contributed by atoms with Crippen LogP contribution in [0.4, 0.5) is 0 Å². The Morgan fingerprint density at radius 1 is 1.00 bits per heavy atom. The molecule has 0 spiro atoms. The van der Waals surface area contributed by atoms with E-state index in [1.165, 1.54) is 32.4 Å². The summed E-state index contributed by atoms with van der Waals surface area (Å²) in [5, 5.41) is 3.51. The van der Waals surface area contributed by atoms with Gasteiger partial charge in [-0.2, -0.15) is 0 Å². The van der Waals surface area contributed by atoms with Crippen molar-refractivity contribution in [1.82, 2.24) is 10.2 Å². The molecule has 0 aliphatic carbocycles. The largest absolute Gasteiger partial charge is 0.314 e. The van der Waals surface area contributed by atoms with E-state index >= 15 is 0 Å². The molecule has 17 heavy (non-hydrogen) atoms. The minimum atomic E-state index is 0.608. The van der Waals surface area contributed by atoms with Crippen molar-refractivity contribution >= 4 is 0 Å². The second-order valence-corrected chi connectivity index (χ2v) is 5.52. The maximum atomic E-state index is 3.51. The smallest absolute Gasteiger partial charge is 0.00790 e. The lowest BCUT2D eigenvalue weighted by Gasteiger charge is -2.31. The highest BCUT2D eigenvalue weighted by Crippen LogP contribution is 2.13. The first kappa shape index (κ1) is 16.9. The quantitative estimate of drug-likeness (QED) is 0.630. The summed E-state index contributed by atoms with van der Waals surface area (Å²) in [4.78, 5) is 2.64. The molecule has 1 N–H and O–H groups in total. The molecule has 0 aromatic carbocycles. The molecule has 2 nitrogen and oxygen atoms in total. The summed E-state index contributed by atoms with van der Waals surface area (Å²) in [5.41, 5.74) is 0. The van der Waals surface area contributed by atoms with E-state index in [2.05, 4.69) is 51.8 Å². The third kappa shape index (κ3) is 7.77. The van der Waals surface area contributed by atoms with Gasteiger partial charge in [-0.25, -0.2) is 0 Å². The van der Waals surface area contributed by atoms with Gasteiger partial charge in [0.2, 0.25) is 0 Å². The molecule has 0 aliphatic rings. The first-order valence-corrected chi connectivity index (χ1v) is 7.52. The van der Waals surface area contributed by atoms with Gasteiger partial charge in [0.15, 0.2) is 0 Å². The van der Waals surface area contributed by atoms with Crippen molar-refractivity contribution in [2.24, 2.45) is 5.92 Å². The van der Waals surface area contributed by atoms with Gasteiger partial charge in [-0.15, -0.1) is 0 Å². The molecular weight excluding hydrogens is 208 g/mol. The van der Waals surface area contributed by atoms with Crippen LogP contribution in [0.15, 0.2) is 0 Å². The van der Waals surface area contributed by atoms with E-state index in [4.69, 9.17) is 0 Å². The van der Waals surface area contributed by atoms with Crippen LogP contribution in [0.25, 0.3) is 0 Å². The minimum Gasteiger partial charge on any atom is -0.314 e. The number of nitrogens with zero attached hydrogens (tertiary/aromatic N) is 1. The summed E-state index contributed by atoms with van der Waals surface area (Å²) in [6.07, 6.45) is 3.88. The third-order valence-corrected chi connectivity index (χ3v) is 3.79. The summed E-state index contributed by atoms with van der Waals surface area (Å²) in [7, 11) is 0. The summed E-state index contributed by atoms with van der Waals surface area (Å²) >= 11 is 0. The van der Waals surface area contributed by atoms with E-state index in [0.717, 1.165) is 12.5 Å². The Kier molecular flexibility index (Phi) is 9.85. The predicted octanol–water partition coefficient (Wildman–Crippen LogP) is 3.52. The molecule has 0 bridgehead atoms. The van der Waals surface area contributed by atoms with Crippen LogP contribution in [0.1, 0.15) is 60.8 Å². The van der Waals surface area contributed by atoms with E-state index in [9.17, 15) is 0 Å². The Morgan fingerprint density at radius 3 is 2.00 bits per heavy atom. The molecule has 0 aromatic rings. The normalized spacial score (nSPS) is 13.9. The zero-order valence-electron chi connectivity index (χ0n) is 12.9. The molecule has 1 atom stereocenters. The number of rotatable bonds is 10. The lowest BCUT2D eigenvalue weighted by Crippen LogP contribution is -2.39. The fourth-order valence-corrected chi connectivity index (χ4v) is 2.26. The molecule has 0 aromatic heterocycles. The molecule has 0 aliphatic heterocycles. The van der Waals surface area contributed by atoms with Crippen LogP contribution in [0, 0.1) is 5.92 Å². The summed E-state index contributed by atoms with van der Waals surface area (Å²) in [6.45, 7) is 17.3. The molecule has 0 fully saturated rings. The van der Waals surface area contributed by atoms with Crippen LogP contribution in [-0.4, -0.2) is 36.6 Å². The second-order valence-electron chi connectivity index (χ2n) is 5.52. The van der Waals surface area contributed by atoms with E-state index in [-0.39, 0.29) is 0 Å². The van der Waals surface area contributed by atoms with Gasteiger partial charge in [-0.05, 0) is 32.4 Å². The first-order chi connectivity index (χ1) is 8.04. The highest BCUT2D eigenvalue weighted by molar-refractivity contribution is 4.71. The van der Waals surface area contributed by atoms with Gasteiger partial charge in [0.1, 0.15) is 0 Å². The molecule has 0 heterocycles. The van der Waals surface area contributed by atoms with E-state index < -0.39 is 0 Å². The van der Waals surface area contributed by atoms with Crippen molar-refractivity contribution in [3.05, 3.63) is 0 Å². The van der Waals surface area contributed by atoms with Gasteiger partial charge in [-0.3, -0.25) is 0 Å². The highest BCUT2D eigenvalue weighted by atomic mass is 15.1. The minimum absolute atomic E-state index is 0.608. The molecule has 1 unspecified atom stereocenters. The Balaban J connectivity index is 3.97. The SMILES string of the molecule is CCC(CC)CN(CC)C(C)CCNC(C)C. The fourth-order valence-electron chi connectivity index (χ4n) is 2.26. The lowest BCUT2D eigenvalue weighted by atomic mass is 10.0. The zero-order valence-corrected chi connectivity index (χ0v) is 12.9. The van der Waals surface area contributed by atoms with E-state index in [0.29, 0.717) is 12.1 Å².